The van der Waals surface area contributed by atoms with Crippen LogP contribution >= 0.6 is 0 Å². The Bertz CT molecular complexity index is 912. The van der Waals surface area contributed by atoms with E-state index in [4.69, 9.17) is 0 Å². The van der Waals surface area contributed by atoms with E-state index in [1.807, 2.05) is 26.0 Å². The number of rotatable bonds is 4. The number of benzene rings is 1. The Morgan fingerprint density at radius 1 is 1.00 bits per heavy atom. The van der Waals surface area contributed by atoms with Gasteiger partial charge in [-0.2, -0.15) is 0 Å². The maximum atomic E-state index is 13.5. The standard InChI is InChI=1S/C24H34N2O3S/c1-16-3-4-22(17(2)9-16)30(28,29)25-21-5-7-26(8-6-21)23(27)24-13-18-10-19(14-24)12-20(11-18)15-24/h3-4,9,18-21,25H,5-8,10-15H2,1-2H3. The third-order valence-electron chi connectivity index (χ3n) is 8.22. The van der Waals surface area contributed by atoms with Crippen LogP contribution in [-0.2, 0) is 14.8 Å². The molecule has 4 aliphatic carbocycles. The van der Waals surface area contributed by atoms with Crippen molar-refractivity contribution in [3.8, 4) is 0 Å². The van der Waals surface area contributed by atoms with E-state index in [0.717, 1.165) is 48.1 Å². The van der Waals surface area contributed by atoms with Gasteiger partial charge >= 0.3 is 0 Å². The van der Waals surface area contributed by atoms with Crippen LogP contribution in [0.4, 0.5) is 0 Å². The lowest BCUT2D eigenvalue weighted by Crippen LogP contribution is -2.56. The third kappa shape index (κ3) is 3.60. The zero-order valence-electron chi connectivity index (χ0n) is 18.2. The molecule has 6 heteroatoms. The summed E-state index contributed by atoms with van der Waals surface area (Å²) < 4.78 is 28.7. The van der Waals surface area contributed by atoms with Gasteiger partial charge in [-0.3, -0.25) is 4.79 Å². The van der Waals surface area contributed by atoms with E-state index in [1.54, 1.807) is 6.07 Å². The van der Waals surface area contributed by atoms with Crippen molar-refractivity contribution in [3.05, 3.63) is 29.3 Å². The number of nitrogens with zero attached hydrogens (tertiary/aromatic N) is 1. The summed E-state index contributed by atoms with van der Waals surface area (Å²) in [7, 11) is -3.54. The molecule has 1 amide bonds. The maximum absolute atomic E-state index is 13.5. The molecule has 4 bridgehead atoms. The summed E-state index contributed by atoms with van der Waals surface area (Å²) in [4.78, 5) is 15.9. The molecular weight excluding hydrogens is 396 g/mol. The van der Waals surface area contributed by atoms with Gasteiger partial charge in [0, 0.05) is 19.1 Å². The summed E-state index contributed by atoms with van der Waals surface area (Å²) in [6.07, 6.45) is 8.70. The fourth-order valence-electron chi connectivity index (χ4n) is 7.29. The van der Waals surface area contributed by atoms with Crippen molar-refractivity contribution in [2.75, 3.05) is 13.1 Å². The fourth-order valence-corrected chi connectivity index (χ4v) is 8.82. The van der Waals surface area contributed by atoms with Crippen LogP contribution in [0.3, 0.4) is 0 Å². The van der Waals surface area contributed by atoms with Crippen LogP contribution in [-0.4, -0.2) is 38.4 Å². The molecule has 164 valence electrons. The van der Waals surface area contributed by atoms with Crippen molar-refractivity contribution < 1.29 is 13.2 Å². The molecule has 5 fully saturated rings. The summed E-state index contributed by atoms with van der Waals surface area (Å²) in [6.45, 7) is 5.14. The van der Waals surface area contributed by atoms with Gasteiger partial charge in [0.25, 0.3) is 0 Å². The number of carbonyl (C=O) groups is 1. The highest BCUT2D eigenvalue weighted by atomic mass is 32.2. The second-order valence-electron chi connectivity index (χ2n) is 10.7. The Kier molecular flexibility index (Phi) is 5.01. The summed E-state index contributed by atoms with van der Waals surface area (Å²) in [5.74, 6) is 2.67. The molecule has 1 aromatic carbocycles. The van der Waals surface area contributed by atoms with Crippen LogP contribution < -0.4 is 4.72 Å². The van der Waals surface area contributed by atoms with Crippen molar-refractivity contribution in [1.82, 2.24) is 9.62 Å². The molecule has 5 nitrogen and oxygen atoms in total. The number of carbonyl (C=O) groups excluding carboxylic acids is 1. The third-order valence-corrected chi connectivity index (χ3v) is 9.90. The second kappa shape index (κ2) is 7.33. The van der Waals surface area contributed by atoms with Crippen LogP contribution in [0.15, 0.2) is 23.1 Å². The van der Waals surface area contributed by atoms with Gasteiger partial charge in [0.05, 0.1) is 10.3 Å². The van der Waals surface area contributed by atoms with E-state index in [1.165, 1.54) is 19.3 Å². The van der Waals surface area contributed by atoms with Crippen LogP contribution in [0, 0.1) is 37.0 Å². The van der Waals surface area contributed by atoms with E-state index in [9.17, 15) is 13.2 Å². The normalized spacial score (nSPS) is 33.8. The average molecular weight is 431 g/mol. The first kappa shape index (κ1) is 20.5. The predicted molar refractivity (Wildman–Crippen MR) is 116 cm³/mol. The minimum absolute atomic E-state index is 0.0971. The van der Waals surface area contributed by atoms with Gasteiger partial charge in [0.15, 0.2) is 0 Å². The topological polar surface area (TPSA) is 66.5 Å². The Morgan fingerprint density at radius 2 is 1.57 bits per heavy atom. The Balaban J connectivity index is 1.22. The highest BCUT2D eigenvalue weighted by Crippen LogP contribution is 2.60. The molecule has 0 spiro atoms. The van der Waals surface area contributed by atoms with E-state index < -0.39 is 10.0 Å². The minimum Gasteiger partial charge on any atom is -0.342 e. The second-order valence-corrected chi connectivity index (χ2v) is 12.3. The monoisotopic (exact) mass is 430 g/mol. The van der Waals surface area contributed by atoms with Crippen LogP contribution in [0.2, 0.25) is 0 Å². The summed E-state index contributed by atoms with van der Waals surface area (Å²) in [6, 6.07) is 5.34. The highest BCUT2D eigenvalue weighted by Gasteiger charge is 2.55. The zero-order valence-corrected chi connectivity index (χ0v) is 19.0. The van der Waals surface area contributed by atoms with Crippen molar-refractivity contribution in [3.63, 3.8) is 0 Å². The van der Waals surface area contributed by atoms with Gasteiger partial charge in [-0.25, -0.2) is 13.1 Å². The van der Waals surface area contributed by atoms with Crippen LogP contribution in [0.5, 0.6) is 0 Å². The summed E-state index contributed by atoms with van der Waals surface area (Å²) >= 11 is 0. The SMILES string of the molecule is Cc1ccc(S(=O)(=O)NC2CCN(C(=O)C34CC5CC(CC(C5)C3)C4)CC2)c(C)c1. The number of nitrogens with one attached hydrogen (secondary N) is 1. The number of piperidine rings is 1. The first-order valence-corrected chi connectivity index (χ1v) is 13.1. The molecule has 0 unspecified atom stereocenters. The molecule has 0 atom stereocenters. The van der Waals surface area contributed by atoms with Gasteiger partial charge < -0.3 is 4.90 Å². The molecule has 1 aromatic rings. The molecule has 1 N–H and O–H groups in total. The minimum atomic E-state index is -3.54. The lowest BCUT2D eigenvalue weighted by Gasteiger charge is -2.57. The first-order chi connectivity index (χ1) is 14.2. The fraction of sp³-hybridized carbons (Fsp3) is 0.708. The predicted octanol–water partition coefficient (Wildman–Crippen LogP) is 3.79. The van der Waals surface area contributed by atoms with Crippen molar-refractivity contribution >= 4 is 15.9 Å². The Hall–Kier alpha value is -1.40. The van der Waals surface area contributed by atoms with Gasteiger partial charge in [0.1, 0.15) is 0 Å². The number of likely N-dealkylation sites (tertiary alicyclic amines) is 1. The average Bonchev–Trinajstić information content (AvgIpc) is 2.66. The molecule has 5 aliphatic rings. The van der Waals surface area contributed by atoms with E-state index in [-0.39, 0.29) is 11.5 Å². The van der Waals surface area contributed by atoms with E-state index in [2.05, 4.69) is 9.62 Å². The molecule has 4 saturated carbocycles. The number of hydrogen-bond acceptors (Lipinski definition) is 3. The lowest BCUT2D eigenvalue weighted by molar-refractivity contribution is -0.158. The van der Waals surface area contributed by atoms with Crippen molar-refractivity contribution in [2.24, 2.45) is 23.2 Å². The quantitative estimate of drug-likeness (QED) is 0.790. The highest BCUT2D eigenvalue weighted by molar-refractivity contribution is 7.89. The summed E-state index contributed by atoms with van der Waals surface area (Å²) in [5, 5.41) is 0. The van der Waals surface area contributed by atoms with E-state index in [0.29, 0.717) is 36.7 Å². The molecule has 0 aromatic heterocycles. The smallest absolute Gasteiger partial charge is 0.241 e. The molecule has 1 saturated heterocycles. The first-order valence-electron chi connectivity index (χ1n) is 11.6. The number of aryl methyl sites for hydroxylation is 2. The van der Waals surface area contributed by atoms with Gasteiger partial charge in [-0.1, -0.05) is 17.7 Å². The van der Waals surface area contributed by atoms with Gasteiger partial charge in [-0.15, -0.1) is 0 Å². The van der Waals surface area contributed by atoms with Crippen LogP contribution in [0.25, 0.3) is 0 Å². The molecular formula is C24H34N2O3S. The molecule has 1 aliphatic heterocycles. The zero-order chi connectivity index (χ0) is 21.1. The lowest BCUT2D eigenvalue weighted by atomic mass is 9.49. The number of sulfonamides is 1. The molecule has 6 rings (SSSR count). The van der Waals surface area contributed by atoms with Crippen LogP contribution in [0.1, 0.15) is 62.5 Å². The summed E-state index contributed by atoms with van der Waals surface area (Å²) in [5.41, 5.74) is 1.74. The van der Waals surface area contributed by atoms with Gasteiger partial charge in [-0.05, 0) is 94.6 Å². The largest absolute Gasteiger partial charge is 0.342 e. The number of amides is 1. The molecule has 30 heavy (non-hydrogen) atoms. The maximum Gasteiger partial charge on any atom is 0.241 e. The Morgan fingerprint density at radius 3 is 2.10 bits per heavy atom. The van der Waals surface area contributed by atoms with E-state index >= 15 is 0 Å². The molecule has 0 radical (unpaired) electrons. The van der Waals surface area contributed by atoms with Gasteiger partial charge in [0.2, 0.25) is 15.9 Å². The molecule has 1 heterocycles. The Labute approximate surface area is 180 Å². The number of hydrogen-bond donors (Lipinski definition) is 1. The van der Waals surface area contributed by atoms with Crippen molar-refractivity contribution in [1.29, 1.82) is 0 Å². The van der Waals surface area contributed by atoms with Crippen molar-refractivity contribution in [2.45, 2.75) is 76.2 Å².